The number of aromatic nitrogens is 2. The van der Waals surface area contributed by atoms with Crippen molar-refractivity contribution < 1.29 is 9.59 Å². The Morgan fingerprint density at radius 1 is 0.944 bits per heavy atom. The van der Waals surface area contributed by atoms with Gasteiger partial charge in [0, 0.05) is 33.3 Å². The molecular formula is C29H25ClN4O2. The normalized spacial score (nSPS) is 11.1. The molecule has 0 radical (unpaired) electrons. The summed E-state index contributed by atoms with van der Waals surface area (Å²) in [5, 5.41) is 2.77. The SMILES string of the molecule is Cc1ccc2[nH]c(-c3ccc4ccccc4n3)c(CCCC(=O)NNC(=O)c3ccc(Cl)cc3)c2c1. The minimum Gasteiger partial charge on any atom is -0.353 e. The van der Waals surface area contributed by atoms with Crippen molar-refractivity contribution in [2.24, 2.45) is 0 Å². The number of hydrogen-bond acceptors (Lipinski definition) is 3. The minimum absolute atomic E-state index is 0.251. The monoisotopic (exact) mass is 496 g/mol. The van der Waals surface area contributed by atoms with Crippen molar-refractivity contribution in [2.45, 2.75) is 26.2 Å². The third-order valence-corrected chi connectivity index (χ3v) is 6.42. The highest BCUT2D eigenvalue weighted by Crippen LogP contribution is 2.32. The zero-order valence-electron chi connectivity index (χ0n) is 19.8. The Morgan fingerprint density at radius 3 is 2.58 bits per heavy atom. The molecule has 0 unspecified atom stereocenters. The lowest BCUT2D eigenvalue weighted by Gasteiger charge is -2.09. The van der Waals surface area contributed by atoms with Gasteiger partial charge in [0.1, 0.15) is 0 Å². The van der Waals surface area contributed by atoms with Gasteiger partial charge in [-0.1, -0.05) is 47.5 Å². The third-order valence-electron chi connectivity index (χ3n) is 6.17. The number of aryl methyl sites for hydroxylation is 2. The fourth-order valence-electron chi connectivity index (χ4n) is 4.33. The van der Waals surface area contributed by atoms with E-state index in [1.165, 1.54) is 5.56 Å². The first-order valence-electron chi connectivity index (χ1n) is 11.8. The van der Waals surface area contributed by atoms with Gasteiger partial charge in [-0.3, -0.25) is 20.4 Å². The van der Waals surface area contributed by atoms with Gasteiger partial charge < -0.3 is 4.98 Å². The average Bonchev–Trinajstić information content (AvgIpc) is 3.25. The molecule has 6 nitrogen and oxygen atoms in total. The van der Waals surface area contributed by atoms with Gasteiger partial charge in [0.2, 0.25) is 5.91 Å². The Balaban J connectivity index is 1.30. The molecule has 5 rings (SSSR count). The van der Waals surface area contributed by atoms with Crippen molar-refractivity contribution in [3.63, 3.8) is 0 Å². The van der Waals surface area contributed by atoms with Crippen LogP contribution in [0.5, 0.6) is 0 Å². The predicted molar refractivity (Wildman–Crippen MR) is 144 cm³/mol. The number of nitrogens with zero attached hydrogens (tertiary/aromatic N) is 1. The van der Waals surface area contributed by atoms with E-state index in [0.717, 1.165) is 38.8 Å². The predicted octanol–water partition coefficient (Wildman–Crippen LogP) is 6.13. The molecule has 0 saturated carbocycles. The Bertz CT molecular complexity index is 1570. The zero-order chi connectivity index (χ0) is 25.1. The van der Waals surface area contributed by atoms with Crippen molar-refractivity contribution in [2.75, 3.05) is 0 Å². The van der Waals surface area contributed by atoms with E-state index in [-0.39, 0.29) is 12.3 Å². The number of benzene rings is 3. The Morgan fingerprint density at radius 2 is 1.75 bits per heavy atom. The van der Waals surface area contributed by atoms with E-state index in [0.29, 0.717) is 23.4 Å². The van der Waals surface area contributed by atoms with Gasteiger partial charge in [-0.05, 0) is 73.9 Å². The lowest BCUT2D eigenvalue weighted by Crippen LogP contribution is -2.41. The van der Waals surface area contributed by atoms with Crippen LogP contribution < -0.4 is 10.9 Å². The molecule has 0 aliphatic rings. The number of carbonyl (C=O) groups excluding carboxylic acids is 2. The molecule has 2 heterocycles. The van der Waals surface area contributed by atoms with Gasteiger partial charge in [0.05, 0.1) is 16.9 Å². The van der Waals surface area contributed by atoms with Gasteiger partial charge in [-0.2, -0.15) is 0 Å². The van der Waals surface area contributed by atoms with Crippen LogP contribution in [0.1, 0.15) is 34.3 Å². The lowest BCUT2D eigenvalue weighted by atomic mass is 10.0. The molecule has 5 aromatic rings. The average molecular weight is 497 g/mol. The molecule has 36 heavy (non-hydrogen) atoms. The number of H-pyrrole nitrogens is 1. The number of hydrogen-bond donors (Lipinski definition) is 3. The van der Waals surface area contributed by atoms with Crippen LogP contribution >= 0.6 is 11.6 Å². The Kier molecular flexibility index (Phi) is 6.69. The highest BCUT2D eigenvalue weighted by Gasteiger charge is 2.16. The number of carbonyl (C=O) groups is 2. The highest BCUT2D eigenvalue weighted by molar-refractivity contribution is 6.30. The number of hydrazine groups is 1. The number of para-hydroxylation sites is 1. The van der Waals surface area contributed by atoms with Crippen molar-refractivity contribution in [1.29, 1.82) is 0 Å². The van der Waals surface area contributed by atoms with Crippen molar-refractivity contribution in [3.8, 4) is 11.4 Å². The topological polar surface area (TPSA) is 86.9 Å². The molecule has 0 fully saturated rings. The van der Waals surface area contributed by atoms with Gasteiger partial charge in [-0.15, -0.1) is 0 Å². The van der Waals surface area contributed by atoms with Gasteiger partial charge >= 0.3 is 0 Å². The van der Waals surface area contributed by atoms with Gasteiger partial charge in [0.15, 0.2) is 0 Å². The fourth-order valence-corrected chi connectivity index (χ4v) is 4.46. The smallest absolute Gasteiger partial charge is 0.269 e. The van der Waals surface area contributed by atoms with Crippen LogP contribution in [0.25, 0.3) is 33.2 Å². The number of fused-ring (bicyclic) bond motifs is 2. The quantitative estimate of drug-likeness (QED) is 0.247. The van der Waals surface area contributed by atoms with E-state index in [9.17, 15) is 9.59 Å². The van der Waals surface area contributed by atoms with Crippen LogP contribution in [0, 0.1) is 6.92 Å². The van der Waals surface area contributed by atoms with Gasteiger partial charge in [0.25, 0.3) is 5.91 Å². The van der Waals surface area contributed by atoms with Crippen molar-refractivity contribution in [3.05, 3.63) is 101 Å². The second-order valence-corrected chi connectivity index (χ2v) is 9.22. The van der Waals surface area contributed by atoms with E-state index in [2.05, 4.69) is 47.0 Å². The highest BCUT2D eigenvalue weighted by atomic mass is 35.5. The van der Waals surface area contributed by atoms with Crippen molar-refractivity contribution >= 4 is 45.2 Å². The second-order valence-electron chi connectivity index (χ2n) is 8.78. The fraction of sp³-hybridized carbons (Fsp3) is 0.138. The molecule has 2 aromatic heterocycles. The molecule has 0 aliphatic carbocycles. The van der Waals surface area contributed by atoms with Crippen LogP contribution in [0.4, 0.5) is 0 Å². The summed E-state index contributed by atoms with van der Waals surface area (Å²) in [5.41, 5.74) is 11.5. The maximum absolute atomic E-state index is 12.4. The van der Waals surface area contributed by atoms with E-state index in [1.54, 1.807) is 24.3 Å². The number of rotatable bonds is 6. The zero-order valence-corrected chi connectivity index (χ0v) is 20.5. The molecule has 0 saturated heterocycles. The molecule has 0 atom stereocenters. The summed E-state index contributed by atoms with van der Waals surface area (Å²) < 4.78 is 0. The third kappa shape index (κ3) is 5.09. The van der Waals surface area contributed by atoms with Gasteiger partial charge in [-0.25, -0.2) is 4.98 Å². The number of pyridine rings is 1. The van der Waals surface area contributed by atoms with Crippen LogP contribution in [0.15, 0.2) is 78.9 Å². The molecule has 7 heteroatoms. The molecule has 180 valence electrons. The van der Waals surface area contributed by atoms with E-state index in [4.69, 9.17) is 16.6 Å². The van der Waals surface area contributed by atoms with Crippen LogP contribution in [0.2, 0.25) is 5.02 Å². The van der Waals surface area contributed by atoms with Crippen molar-refractivity contribution in [1.82, 2.24) is 20.8 Å². The summed E-state index contributed by atoms with van der Waals surface area (Å²) in [6, 6.07) is 24.9. The maximum atomic E-state index is 12.4. The first-order valence-corrected chi connectivity index (χ1v) is 12.2. The molecule has 0 aliphatic heterocycles. The van der Waals surface area contributed by atoms with Crippen LogP contribution in [-0.2, 0) is 11.2 Å². The number of amides is 2. The minimum atomic E-state index is -0.392. The van der Waals surface area contributed by atoms with Crippen LogP contribution in [0.3, 0.4) is 0 Å². The number of nitrogens with one attached hydrogen (secondary N) is 3. The first-order chi connectivity index (χ1) is 17.5. The van der Waals surface area contributed by atoms with E-state index < -0.39 is 5.91 Å². The first kappa shape index (κ1) is 23.6. The largest absolute Gasteiger partial charge is 0.353 e. The summed E-state index contributed by atoms with van der Waals surface area (Å²) >= 11 is 5.86. The summed E-state index contributed by atoms with van der Waals surface area (Å²) in [6.07, 6.45) is 1.57. The summed E-state index contributed by atoms with van der Waals surface area (Å²) in [4.78, 5) is 33.1. The van der Waals surface area contributed by atoms with E-state index in [1.807, 2.05) is 30.3 Å². The summed E-state index contributed by atoms with van der Waals surface area (Å²) in [6.45, 7) is 2.07. The summed E-state index contributed by atoms with van der Waals surface area (Å²) in [5.74, 6) is -0.643. The molecular weight excluding hydrogens is 472 g/mol. The summed E-state index contributed by atoms with van der Waals surface area (Å²) in [7, 11) is 0. The lowest BCUT2D eigenvalue weighted by molar-refractivity contribution is -0.121. The Labute approximate surface area is 213 Å². The molecule has 0 spiro atoms. The molecule has 3 N–H and O–H groups in total. The molecule has 3 aromatic carbocycles. The second kappa shape index (κ2) is 10.2. The standard InChI is InChI=1S/C29H25ClN4O2/c1-18-9-15-25-23(17-18)22(28(32-25)26-16-12-19-5-2-3-7-24(19)31-26)6-4-8-27(35)33-34-29(36)20-10-13-21(30)14-11-20/h2-3,5,7,9-17,32H,4,6,8H2,1H3,(H,33,35)(H,34,36). The molecule has 0 bridgehead atoms. The van der Waals surface area contributed by atoms with E-state index >= 15 is 0 Å². The Hall–Kier alpha value is -4.16. The maximum Gasteiger partial charge on any atom is 0.269 e. The number of halogens is 1. The number of aromatic amines is 1. The van der Waals surface area contributed by atoms with Crippen LogP contribution in [-0.4, -0.2) is 21.8 Å². The molecule has 2 amide bonds.